The first-order valence-corrected chi connectivity index (χ1v) is 5.75. The summed E-state index contributed by atoms with van der Waals surface area (Å²) in [5.41, 5.74) is 1.79. The molecular formula is C12H18N2O2. The smallest absolute Gasteiger partial charge is 0.0853 e. The lowest BCUT2D eigenvalue weighted by molar-refractivity contribution is 0.208. The number of hydrogen-bond donors (Lipinski definition) is 2. The molecule has 0 amide bonds. The van der Waals surface area contributed by atoms with Crippen molar-refractivity contribution in [1.29, 1.82) is 0 Å². The van der Waals surface area contributed by atoms with E-state index in [1.807, 2.05) is 12.1 Å². The topological polar surface area (TPSA) is 56.6 Å². The third-order valence-corrected chi connectivity index (χ3v) is 3.10. The largest absolute Gasteiger partial charge is 0.396 e. The minimum absolute atomic E-state index is 0.0227. The summed E-state index contributed by atoms with van der Waals surface area (Å²) in [5, 5.41) is 18.2. The molecule has 2 N–H and O–H groups in total. The quantitative estimate of drug-likeness (QED) is 0.793. The number of hydrogen-bond acceptors (Lipinski definition) is 4. The van der Waals surface area contributed by atoms with E-state index in [-0.39, 0.29) is 13.2 Å². The normalized spacial score (nSPS) is 21.1. The zero-order valence-electron chi connectivity index (χ0n) is 9.34. The van der Waals surface area contributed by atoms with Crippen LogP contribution in [0, 0.1) is 5.92 Å². The zero-order valence-corrected chi connectivity index (χ0v) is 9.34. The van der Waals surface area contributed by atoms with Crippen molar-refractivity contribution in [2.24, 2.45) is 5.92 Å². The molecule has 16 heavy (non-hydrogen) atoms. The van der Waals surface area contributed by atoms with Gasteiger partial charge in [0.05, 0.1) is 12.3 Å². The maximum atomic E-state index is 9.18. The lowest BCUT2D eigenvalue weighted by Crippen LogP contribution is -2.36. The van der Waals surface area contributed by atoms with Crippen LogP contribution in [0.4, 0.5) is 5.69 Å². The molecule has 0 aliphatic carbocycles. The van der Waals surface area contributed by atoms with Crippen LogP contribution in [-0.2, 0) is 6.61 Å². The van der Waals surface area contributed by atoms with Crippen LogP contribution in [0.15, 0.2) is 18.3 Å². The van der Waals surface area contributed by atoms with Gasteiger partial charge in [0.25, 0.3) is 0 Å². The van der Waals surface area contributed by atoms with Crippen LogP contribution < -0.4 is 4.90 Å². The van der Waals surface area contributed by atoms with Gasteiger partial charge in [-0.25, -0.2) is 0 Å². The van der Waals surface area contributed by atoms with Crippen LogP contribution in [0.25, 0.3) is 0 Å². The molecule has 0 radical (unpaired) electrons. The van der Waals surface area contributed by atoms with E-state index < -0.39 is 0 Å². The molecule has 2 rings (SSSR count). The van der Waals surface area contributed by atoms with Crippen LogP contribution >= 0.6 is 0 Å². The summed E-state index contributed by atoms with van der Waals surface area (Å²) >= 11 is 0. The number of nitrogens with zero attached hydrogens (tertiary/aromatic N) is 2. The Bertz CT molecular complexity index is 344. The fourth-order valence-electron chi connectivity index (χ4n) is 2.20. The van der Waals surface area contributed by atoms with Crippen molar-refractivity contribution < 1.29 is 10.2 Å². The Balaban J connectivity index is 2.10. The molecule has 1 aromatic rings. The number of aliphatic hydroxyl groups is 2. The fourth-order valence-corrected chi connectivity index (χ4v) is 2.20. The van der Waals surface area contributed by atoms with Crippen LogP contribution in [0.1, 0.15) is 18.5 Å². The first kappa shape index (κ1) is 11.4. The van der Waals surface area contributed by atoms with Gasteiger partial charge < -0.3 is 15.1 Å². The van der Waals surface area contributed by atoms with Crippen molar-refractivity contribution in [2.75, 3.05) is 24.6 Å². The maximum Gasteiger partial charge on any atom is 0.0853 e. The molecule has 4 heteroatoms. The van der Waals surface area contributed by atoms with Gasteiger partial charge in [-0.15, -0.1) is 0 Å². The zero-order chi connectivity index (χ0) is 11.4. The van der Waals surface area contributed by atoms with E-state index >= 15 is 0 Å². The van der Waals surface area contributed by atoms with Gasteiger partial charge in [0, 0.05) is 31.6 Å². The van der Waals surface area contributed by atoms with Crippen molar-refractivity contribution in [3.05, 3.63) is 24.0 Å². The number of piperidine rings is 1. The molecule has 0 aromatic carbocycles. The molecule has 0 spiro atoms. The Kier molecular flexibility index (Phi) is 3.74. The highest BCUT2D eigenvalue weighted by molar-refractivity contribution is 5.46. The van der Waals surface area contributed by atoms with E-state index in [0.29, 0.717) is 11.6 Å². The van der Waals surface area contributed by atoms with Gasteiger partial charge in [0.2, 0.25) is 0 Å². The highest BCUT2D eigenvalue weighted by atomic mass is 16.3. The van der Waals surface area contributed by atoms with E-state index in [4.69, 9.17) is 5.11 Å². The van der Waals surface area contributed by atoms with E-state index in [1.165, 1.54) is 0 Å². The average Bonchev–Trinajstić information content (AvgIpc) is 2.39. The van der Waals surface area contributed by atoms with Crippen LogP contribution in [-0.4, -0.2) is 34.9 Å². The fraction of sp³-hybridized carbons (Fsp3) is 0.583. The monoisotopic (exact) mass is 222 g/mol. The second-order valence-electron chi connectivity index (χ2n) is 4.30. The minimum Gasteiger partial charge on any atom is -0.396 e. The van der Waals surface area contributed by atoms with Crippen molar-refractivity contribution in [3.8, 4) is 0 Å². The van der Waals surface area contributed by atoms with Gasteiger partial charge in [-0.05, 0) is 30.9 Å². The molecule has 4 nitrogen and oxygen atoms in total. The summed E-state index contributed by atoms with van der Waals surface area (Å²) in [5.74, 6) is 0.375. The first-order valence-electron chi connectivity index (χ1n) is 5.75. The first-order chi connectivity index (χ1) is 7.83. The lowest BCUT2D eigenvalue weighted by Gasteiger charge is -2.33. The van der Waals surface area contributed by atoms with Gasteiger partial charge >= 0.3 is 0 Å². The molecule has 88 valence electrons. The van der Waals surface area contributed by atoms with E-state index in [9.17, 15) is 5.11 Å². The summed E-state index contributed by atoms with van der Waals surface area (Å²) in [7, 11) is 0. The van der Waals surface area contributed by atoms with Gasteiger partial charge in [0.15, 0.2) is 0 Å². The van der Waals surface area contributed by atoms with Gasteiger partial charge in [-0.3, -0.25) is 4.98 Å². The van der Waals surface area contributed by atoms with E-state index in [2.05, 4.69) is 9.88 Å². The van der Waals surface area contributed by atoms with Crippen LogP contribution in [0.2, 0.25) is 0 Å². The molecule has 0 saturated carbocycles. The molecule has 1 aliphatic rings. The summed E-state index contributed by atoms with van der Waals surface area (Å²) in [4.78, 5) is 6.32. The van der Waals surface area contributed by atoms with E-state index in [1.54, 1.807) is 6.20 Å². The van der Waals surface area contributed by atoms with Gasteiger partial charge in [-0.2, -0.15) is 0 Å². The predicted octanol–water partition coefficient (Wildman–Crippen LogP) is 0.783. The van der Waals surface area contributed by atoms with Crippen molar-refractivity contribution >= 4 is 5.69 Å². The number of rotatable bonds is 3. The van der Waals surface area contributed by atoms with Gasteiger partial charge in [0.1, 0.15) is 0 Å². The minimum atomic E-state index is -0.0227. The second kappa shape index (κ2) is 5.27. The van der Waals surface area contributed by atoms with E-state index in [0.717, 1.165) is 31.6 Å². The summed E-state index contributed by atoms with van der Waals surface area (Å²) in [6.07, 6.45) is 3.94. The molecule has 1 saturated heterocycles. The number of pyridine rings is 1. The van der Waals surface area contributed by atoms with Gasteiger partial charge in [-0.1, -0.05) is 0 Å². The predicted molar refractivity (Wildman–Crippen MR) is 62.2 cm³/mol. The number of aliphatic hydroxyl groups excluding tert-OH is 2. The summed E-state index contributed by atoms with van der Waals surface area (Å²) in [6, 6.07) is 3.87. The molecule has 1 unspecified atom stereocenters. The Morgan fingerprint density at radius 1 is 1.44 bits per heavy atom. The summed E-state index contributed by atoms with van der Waals surface area (Å²) in [6.45, 7) is 2.15. The molecule has 1 atom stereocenters. The summed E-state index contributed by atoms with van der Waals surface area (Å²) < 4.78 is 0. The molecule has 1 aromatic heterocycles. The molecule has 1 fully saturated rings. The molecule has 2 heterocycles. The highest BCUT2D eigenvalue weighted by Crippen LogP contribution is 2.22. The Morgan fingerprint density at radius 3 is 3.06 bits per heavy atom. The second-order valence-corrected chi connectivity index (χ2v) is 4.30. The Labute approximate surface area is 95.5 Å². The Morgan fingerprint density at radius 2 is 2.31 bits per heavy atom. The third-order valence-electron chi connectivity index (χ3n) is 3.10. The lowest BCUT2D eigenvalue weighted by atomic mass is 9.98. The SMILES string of the molecule is OCc1cc(N2CCCC(CO)C2)ccn1. The Hall–Kier alpha value is -1.13. The van der Waals surface area contributed by atoms with Crippen LogP contribution in [0.5, 0.6) is 0 Å². The van der Waals surface area contributed by atoms with Crippen molar-refractivity contribution in [2.45, 2.75) is 19.4 Å². The maximum absolute atomic E-state index is 9.18. The van der Waals surface area contributed by atoms with Crippen molar-refractivity contribution in [1.82, 2.24) is 4.98 Å². The molecule has 1 aliphatic heterocycles. The number of aromatic nitrogens is 1. The third kappa shape index (κ3) is 2.51. The van der Waals surface area contributed by atoms with Crippen LogP contribution in [0.3, 0.4) is 0 Å². The standard InChI is InChI=1S/C12H18N2O2/c15-8-10-2-1-5-14(7-10)12-3-4-13-11(6-12)9-16/h3-4,6,10,15-16H,1-2,5,7-9H2. The average molecular weight is 222 g/mol. The molecule has 0 bridgehead atoms. The highest BCUT2D eigenvalue weighted by Gasteiger charge is 2.19. The van der Waals surface area contributed by atoms with Crippen molar-refractivity contribution in [3.63, 3.8) is 0 Å². The molecular weight excluding hydrogens is 204 g/mol. The number of anilines is 1.